The zero-order chi connectivity index (χ0) is 9.97. The number of hydrogen-bond donors (Lipinski definition) is 1. The number of amides is 1. The molecule has 0 bridgehead atoms. The summed E-state index contributed by atoms with van der Waals surface area (Å²) in [6, 6.07) is 0. The largest absolute Gasteiger partial charge is 0.338 e. The van der Waals surface area contributed by atoms with Crippen LogP contribution >= 0.6 is 11.6 Å². The third kappa shape index (κ3) is 1.90. The van der Waals surface area contributed by atoms with Gasteiger partial charge in [-0.1, -0.05) is 0 Å². The van der Waals surface area contributed by atoms with E-state index in [1.807, 2.05) is 4.90 Å². The number of piperidine rings is 1. The van der Waals surface area contributed by atoms with Gasteiger partial charge in [-0.05, 0) is 12.8 Å². The second-order valence-corrected chi connectivity index (χ2v) is 4.07. The van der Waals surface area contributed by atoms with Crippen LogP contribution in [0.5, 0.6) is 0 Å². The highest BCUT2D eigenvalue weighted by Crippen LogP contribution is 2.17. The molecule has 76 valence electrons. The van der Waals surface area contributed by atoms with Gasteiger partial charge in [0.1, 0.15) is 0 Å². The maximum atomic E-state index is 11.8. The lowest BCUT2D eigenvalue weighted by atomic mass is 10.1. The Labute approximate surface area is 87.2 Å². The van der Waals surface area contributed by atoms with Crippen LogP contribution in [-0.2, 0) is 0 Å². The molecular formula is C9H12ClN3O. The average Bonchev–Trinajstić information content (AvgIpc) is 2.71. The monoisotopic (exact) mass is 213 g/mol. The first-order chi connectivity index (χ1) is 6.77. The fraction of sp³-hybridized carbons (Fsp3) is 0.556. The van der Waals surface area contributed by atoms with Crippen LogP contribution in [0.4, 0.5) is 0 Å². The Morgan fingerprint density at radius 1 is 1.57 bits per heavy atom. The summed E-state index contributed by atoms with van der Waals surface area (Å²) < 4.78 is 0. The number of likely N-dealkylation sites (tertiary alicyclic amines) is 1. The maximum Gasteiger partial charge on any atom is 0.257 e. The van der Waals surface area contributed by atoms with Crippen molar-refractivity contribution in [2.75, 3.05) is 13.1 Å². The zero-order valence-corrected chi connectivity index (χ0v) is 8.50. The van der Waals surface area contributed by atoms with Gasteiger partial charge in [-0.2, -0.15) is 5.10 Å². The molecule has 1 N–H and O–H groups in total. The van der Waals surface area contributed by atoms with Gasteiger partial charge in [0.15, 0.2) is 0 Å². The molecule has 14 heavy (non-hydrogen) atoms. The number of nitrogens with zero attached hydrogens (tertiary/aromatic N) is 2. The summed E-state index contributed by atoms with van der Waals surface area (Å²) in [6.45, 7) is 1.50. The molecule has 0 unspecified atom stereocenters. The van der Waals surface area contributed by atoms with E-state index in [9.17, 15) is 4.79 Å². The van der Waals surface area contributed by atoms with E-state index in [4.69, 9.17) is 11.6 Å². The molecular weight excluding hydrogens is 202 g/mol. The summed E-state index contributed by atoms with van der Waals surface area (Å²) >= 11 is 5.96. The van der Waals surface area contributed by atoms with E-state index in [0.29, 0.717) is 5.56 Å². The predicted octanol–water partition coefficient (Wildman–Crippen LogP) is 1.25. The smallest absolute Gasteiger partial charge is 0.257 e. The normalized spacial score (nSPS) is 18.5. The average molecular weight is 214 g/mol. The Morgan fingerprint density at radius 3 is 2.86 bits per heavy atom. The molecule has 1 fully saturated rings. The maximum absolute atomic E-state index is 11.8. The topological polar surface area (TPSA) is 49.0 Å². The number of aromatic nitrogens is 2. The Bertz CT molecular complexity index is 304. The molecule has 2 rings (SSSR count). The SMILES string of the molecule is O=C(c1cn[nH]c1)N1CCC(Cl)CC1. The molecule has 4 nitrogen and oxygen atoms in total. The predicted molar refractivity (Wildman–Crippen MR) is 53.4 cm³/mol. The van der Waals surface area contributed by atoms with Gasteiger partial charge >= 0.3 is 0 Å². The number of rotatable bonds is 1. The molecule has 0 radical (unpaired) electrons. The first-order valence-electron chi connectivity index (χ1n) is 4.69. The van der Waals surface area contributed by atoms with Crippen LogP contribution in [0.3, 0.4) is 0 Å². The van der Waals surface area contributed by atoms with Gasteiger partial charge in [0.05, 0.1) is 11.8 Å². The third-order valence-corrected chi connectivity index (χ3v) is 2.89. The molecule has 1 amide bonds. The number of halogens is 1. The Morgan fingerprint density at radius 2 is 2.29 bits per heavy atom. The van der Waals surface area contributed by atoms with Gasteiger partial charge in [0, 0.05) is 24.7 Å². The van der Waals surface area contributed by atoms with E-state index in [0.717, 1.165) is 25.9 Å². The van der Waals surface area contributed by atoms with Crippen molar-refractivity contribution in [1.82, 2.24) is 15.1 Å². The Hall–Kier alpha value is -1.03. The molecule has 1 aliphatic heterocycles. The Kier molecular flexibility index (Phi) is 2.72. The molecule has 1 saturated heterocycles. The van der Waals surface area contributed by atoms with Gasteiger partial charge in [-0.3, -0.25) is 9.89 Å². The van der Waals surface area contributed by atoms with Crippen molar-refractivity contribution in [3.8, 4) is 0 Å². The lowest BCUT2D eigenvalue weighted by molar-refractivity contribution is 0.0726. The second-order valence-electron chi connectivity index (χ2n) is 3.45. The number of alkyl halides is 1. The highest BCUT2D eigenvalue weighted by atomic mass is 35.5. The number of H-pyrrole nitrogens is 1. The van der Waals surface area contributed by atoms with Gasteiger partial charge in [-0.25, -0.2) is 0 Å². The minimum absolute atomic E-state index is 0.0438. The van der Waals surface area contributed by atoms with Crippen LogP contribution in [-0.4, -0.2) is 39.5 Å². The summed E-state index contributed by atoms with van der Waals surface area (Å²) in [5, 5.41) is 6.61. The summed E-state index contributed by atoms with van der Waals surface area (Å²) in [7, 11) is 0. The number of hydrogen-bond acceptors (Lipinski definition) is 2. The van der Waals surface area contributed by atoms with E-state index in [1.165, 1.54) is 0 Å². The molecule has 1 aliphatic rings. The summed E-state index contributed by atoms with van der Waals surface area (Å²) in [5.41, 5.74) is 0.623. The lowest BCUT2D eigenvalue weighted by Crippen LogP contribution is -2.38. The van der Waals surface area contributed by atoms with Crippen LogP contribution in [0, 0.1) is 0 Å². The van der Waals surface area contributed by atoms with Crippen molar-refractivity contribution in [3.63, 3.8) is 0 Å². The van der Waals surface area contributed by atoms with E-state index in [1.54, 1.807) is 12.4 Å². The van der Waals surface area contributed by atoms with Crippen molar-refractivity contribution >= 4 is 17.5 Å². The van der Waals surface area contributed by atoms with Crippen LogP contribution < -0.4 is 0 Å². The van der Waals surface area contributed by atoms with E-state index < -0.39 is 0 Å². The highest BCUT2D eigenvalue weighted by Gasteiger charge is 2.22. The van der Waals surface area contributed by atoms with Gasteiger partial charge in [0.2, 0.25) is 0 Å². The molecule has 5 heteroatoms. The van der Waals surface area contributed by atoms with Gasteiger partial charge in [0.25, 0.3) is 5.91 Å². The molecule has 2 heterocycles. The first-order valence-corrected chi connectivity index (χ1v) is 5.13. The van der Waals surface area contributed by atoms with Gasteiger partial charge < -0.3 is 4.90 Å². The van der Waals surface area contributed by atoms with E-state index in [-0.39, 0.29) is 11.3 Å². The molecule has 0 aliphatic carbocycles. The fourth-order valence-corrected chi connectivity index (χ4v) is 1.80. The Balaban J connectivity index is 1.99. The van der Waals surface area contributed by atoms with Crippen LogP contribution in [0.2, 0.25) is 0 Å². The van der Waals surface area contributed by atoms with Crippen molar-refractivity contribution in [3.05, 3.63) is 18.0 Å². The fourth-order valence-electron chi connectivity index (χ4n) is 1.60. The summed E-state index contributed by atoms with van der Waals surface area (Å²) in [6.07, 6.45) is 4.93. The molecule has 0 saturated carbocycles. The zero-order valence-electron chi connectivity index (χ0n) is 7.74. The van der Waals surface area contributed by atoms with E-state index in [2.05, 4.69) is 10.2 Å². The van der Waals surface area contributed by atoms with Crippen LogP contribution in [0.1, 0.15) is 23.2 Å². The molecule has 1 aromatic heterocycles. The highest BCUT2D eigenvalue weighted by molar-refractivity contribution is 6.20. The summed E-state index contributed by atoms with van der Waals surface area (Å²) in [5.74, 6) is 0.0438. The van der Waals surface area contributed by atoms with Crippen molar-refractivity contribution in [2.24, 2.45) is 0 Å². The standard InChI is InChI=1S/C9H12ClN3O/c10-8-1-3-13(4-2-8)9(14)7-5-11-12-6-7/h5-6,8H,1-4H2,(H,11,12). The summed E-state index contributed by atoms with van der Waals surface area (Å²) in [4.78, 5) is 13.6. The quantitative estimate of drug-likeness (QED) is 0.714. The van der Waals surface area contributed by atoms with Crippen molar-refractivity contribution in [1.29, 1.82) is 0 Å². The second kappa shape index (κ2) is 4.00. The number of carbonyl (C=O) groups excluding carboxylic acids is 1. The van der Waals surface area contributed by atoms with Gasteiger partial charge in [-0.15, -0.1) is 11.6 Å². The minimum Gasteiger partial charge on any atom is -0.338 e. The van der Waals surface area contributed by atoms with Crippen LogP contribution in [0.15, 0.2) is 12.4 Å². The lowest BCUT2D eigenvalue weighted by Gasteiger charge is -2.28. The first kappa shape index (κ1) is 9.52. The van der Waals surface area contributed by atoms with Crippen LogP contribution in [0.25, 0.3) is 0 Å². The molecule has 0 spiro atoms. The van der Waals surface area contributed by atoms with Crippen molar-refractivity contribution < 1.29 is 4.79 Å². The van der Waals surface area contributed by atoms with E-state index >= 15 is 0 Å². The molecule has 0 aromatic carbocycles. The number of aromatic amines is 1. The number of carbonyl (C=O) groups is 1. The molecule has 1 aromatic rings. The molecule has 0 atom stereocenters. The van der Waals surface area contributed by atoms with Crippen molar-refractivity contribution in [2.45, 2.75) is 18.2 Å². The third-order valence-electron chi connectivity index (χ3n) is 2.46. The minimum atomic E-state index is 0.0438. The number of nitrogens with one attached hydrogen (secondary N) is 1.